The Kier molecular flexibility index (Phi) is 4.54. The number of benzene rings is 2. The molecule has 1 aliphatic carbocycles. The largest absolute Gasteiger partial charge is 0.351 e. The fraction of sp³-hybridized carbons (Fsp3) is 0.346. The van der Waals surface area contributed by atoms with Gasteiger partial charge in [0.15, 0.2) is 0 Å². The number of carbonyl (C=O) groups excluding carboxylic acids is 1. The Morgan fingerprint density at radius 1 is 0.970 bits per heavy atom. The number of rotatable bonds is 4. The SMILES string of the molecule is Cn1nc(C2CCN(C(=O)C3CC3)C2)n(-c2ccc(-c3ccc4ccn(C)c4c3)cc2)c1=O. The highest BCUT2D eigenvalue weighted by Gasteiger charge is 2.38. The standard InChI is InChI=1S/C26H27N5O2/c1-28-13-11-18-3-6-20(15-23(18)28)17-7-9-22(10-8-17)31-24(27-29(2)26(31)33)21-12-14-30(16-21)25(32)19-4-5-19/h3,6-11,13,15,19,21H,4-5,12,14,16H2,1-2H3. The Balaban J connectivity index is 1.31. The van der Waals surface area contributed by atoms with Gasteiger partial charge in [0.05, 0.1) is 5.69 Å². The van der Waals surface area contributed by atoms with E-state index >= 15 is 0 Å². The summed E-state index contributed by atoms with van der Waals surface area (Å²) in [6.07, 6.45) is 4.93. The molecule has 1 atom stereocenters. The Bertz CT molecular complexity index is 1420. The summed E-state index contributed by atoms with van der Waals surface area (Å²) >= 11 is 0. The third-order valence-electron chi connectivity index (χ3n) is 7.09. The van der Waals surface area contributed by atoms with Gasteiger partial charge in [-0.15, -0.1) is 0 Å². The molecule has 2 aromatic heterocycles. The minimum atomic E-state index is -0.157. The molecule has 0 N–H and O–H groups in total. The molecule has 0 radical (unpaired) electrons. The summed E-state index contributed by atoms with van der Waals surface area (Å²) in [5.41, 5.74) is 4.07. The van der Waals surface area contributed by atoms with E-state index in [4.69, 9.17) is 0 Å². The second-order valence-corrected chi connectivity index (χ2v) is 9.39. The molecule has 33 heavy (non-hydrogen) atoms. The van der Waals surface area contributed by atoms with Gasteiger partial charge in [0.1, 0.15) is 5.82 Å². The molecule has 7 heteroatoms. The molecule has 2 fully saturated rings. The number of likely N-dealkylation sites (tertiary alicyclic amines) is 1. The number of hydrogen-bond acceptors (Lipinski definition) is 3. The topological polar surface area (TPSA) is 65.1 Å². The maximum Gasteiger partial charge on any atom is 0.350 e. The molecular weight excluding hydrogens is 414 g/mol. The summed E-state index contributed by atoms with van der Waals surface area (Å²) in [7, 11) is 3.74. The smallest absolute Gasteiger partial charge is 0.350 e. The van der Waals surface area contributed by atoms with Crippen LogP contribution in [0, 0.1) is 5.92 Å². The second-order valence-electron chi connectivity index (χ2n) is 9.39. The van der Waals surface area contributed by atoms with E-state index in [0.29, 0.717) is 6.54 Å². The van der Waals surface area contributed by atoms with Crippen LogP contribution >= 0.6 is 0 Å². The van der Waals surface area contributed by atoms with Crippen LogP contribution in [-0.2, 0) is 18.9 Å². The highest BCUT2D eigenvalue weighted by atomic mass is 16.2. The molecule has 6 rings (SSSR count). The first-order valence-electron chi connectivity index (χ1n) is 11.6. The summed E-state index contributed by atoms with van der Waals surface area (Å²) in [4.78, 5) is 27.4. The molecule has 168 valence electrons. The van der Waals surface area contributed by atoms with Crippen molar-refractivity contribution in [3.8, 4) is 16.8 Å². The van der Waals surface area contributed by atoms with Crippen LogP contribution in [0.3, 0.4) is 0 Å². The van der Waals surface area contributed by atoms with Gasteiger partial charge in [0.25, 0.3) is 0 Å². The first kappa shape index (κ1) is 20.0. The Morgan fingerprint density at radius 3 is 2.48 bits per heavy atom. The number of carbonyl (C=O) groups is 1. The summed E-state index contributed by atoms with van der Waals surface area (Å²) in [6.45, 7) is 1.38. The molecule has 1 saturated heterocycles. The lowest BCUT2D eigenvalue weighted by Crippen LogP contribution is -2.30. The van der Waals surface area contributed by atoms with Crippen molar-refractivity contribution in [2.45, 2.75) is 25.2 Å². The minimum absolute atomic E-state index is 0.0704. The zero-order valence-electron chi connectivity index (χ0n) is 18.9. The third-order valence-corrected chi connectivity index (χ3v) is 7.09. The molecule has 1 saturated carbocycles. The number of amides is 1. The fourth-order valence-electron chi connectivity index (χ4n) is 5.00. The van der Waals surface area contributed by atoms with Crippen molar-refractivity contribution in [1.82, 2.24) is 23.8 Å². The molecule has 0 bridgehead atoms. The maximum absolute atomic E-state index is 13.0. The van der Waals surface area contributed by atoms with E-state index in [2.05, 4.69) is 52.3 Å². The van der Waals surface area contributed by atoms with Crippen molar-refractivity contribution < 1.29 is 4.79 Å². The van der Waals surface area contributed by atoms with E-state index in [1.54, 1.807) is 11.6 Å². The molecule has 1 unspecified atom stereocenters. The fourth-order valence-corrected chi connectivity index (χ4v) is 5.00. The highest BCUT2D eigenvalue weighted by Crippen LogP contribution is 2.35. The van der Waals surface area contributed by atoms with Crippen molar-refractivity contribution in [3.63, 3.8) is 0 Å². The van der Waals surface area contributed by atoms with E-state index in [9.17, 15) is 9.59 Å². The van der Waals surface area contributed by atoms with Gasteiger partial charge in [-0.2, -0.15) is 5.10 Å². The lowest BCUT2D eigenvalue weighted by Gasteiger charge is -2.16. The Morgan fingerprint density at radius 2 is 1.73 bits per heavy atom. The lowest BCUT2D eigenvalue weighted by atomic mass is 10.0. The minimum Gasteiger partial charge on any atom is -0.351 e. The molecule has 2 aliphatic rings. The average molecular weight is 442 g/mol. The number of nitrogens with zero attached hydrogens (tertiary/aromatic N) is 5. The zero-order chi connectivity index (χ0) is 22.7. The quantitative estimate of drug-likeness (QED) is 0.487. The monoisotopic (exact) mass is 441 g/mol. The van der Waals surface area contributed by atoms with Gasteiger partial charge in [0, 0.05) is 50.7 Å². The van der Waals surface area contributed by atoms with Crippen LogP contribution in [-0.4, -0.2) is 42.8 Å². The van der Waals surface area contributed by atoms with E-state index in [0.717, 1.165) is 48.4 Å². The molecule has 0 spiro atoms. The summed E-state index contributed by atoms with van der Waals surface area (Å²) in [5, 5.41) is 5.79. The van der Waals surface area contributed by atoms with Gasteiger partial charge < -0.3 is 9.47 Å². The molecule has 7 nitrogen and oxygen atoms in total. The number of aromatic nitrogens is 4. The van der Waals surface area contributed by atoms with Crippen LogP contribution in [0.4, 0.5) is 0 Å². The first-order chi connectivity index (χ1) is 16.0. The van der Waals surface area contributed by atoms with Crippen molar-refractivity contribution in [3.05, 3.63) is 71.0 Å². The molecule has 1 aliphatic heterocycles. The van der Waals surface area contributed by atoms with Gasteiger partial charge in [-0.05, 0) is 60.0 Å². The molecule has 2 aromatic carbocycles. The highest BCUT2D eigenvalue weighted by molar-refractivity contribution is 5.85. The van der Waals surface area contributed by atoms with Crippen LogP contribution < -0.4 is 5.69 Å². The summed E-state index contributed by atoms with van der Waals surface area (Å²) in [6, 6.07) is 16.6. The van der Waals surface area contributed by atoms with Crippen molar-refractivity contribution in [1.29, 1.82) is 0 Å². The number of hydrogen-bond donors (Lipinski definition) is 0. The van der Waals surface area contributed by atoms with Crippen molar-refractivity contribution in [2.24, 2.45) is 20.0 Å². The van der Waals surface area contributed by atoms with Gasteiger partial charge in [0.2, 0.25) is 5.91 Å². The maximum atomic E-state index is 13.0. The van der Waals surface area contributed by atoms with E-state index in [-0.39, 0.29) is 23.4 Å². The second kappa shape index (κ2) is 7.47. The molecule has 4 aromatic rings. The van der Waals surface area contributed by atoms with E-state index in [1.165, 1.54) is 15.6 Å². The lowest BCUT2D eigenvalue weighted by molar-refractivity contribution is -0.131. The van der Waals surface area contributed by atoms with Gasteiger partial charge >= 0.3 is 5.69 Å². The summed E-state index contributed by atoms with van der Waals surface area (Å²) < 4.78 is 5.23. The predicted molar refractivity (Wildman–Crippen MR) is 127 cm³/mol. The normalized spacial score (nSPS) is 18.4. The number of aryl methyl sites for hydroxylation is 2. The van der Waals surface area contributed by atoms with E-state index in [1.807, 2.05) is 24.1 Å². The average Bonchev–Trinajstić information content (AvgIpc) is 3.34. The van der Waals surface area contributed by atoms with Crippen molar-refractivity contribution in [2.75, 3.05) is 13.1 Å². The Labute approximate surface area is 191 Å². The first-order valence-corrected chi connectivity index (χ1v) is 11.6. The van der Waals surface area contributed by atoms with Crippen LogP contribution in [0.15, 0.2) is 59.5 Å². The molecule has 1 amide bonds. The molecule has 3 heterocycles. The third kappa shape index (κ3) is 3.39. The van der Waals surface area contributed by atoms with Gasteiger partial charge in [-0.3, -0.25) is 4.79 Å². The summed E-state index contributed by atoms with van der Waals surface area (Å²) in [5.74, 6) is 1.30. The Hall–Kier alpha value is -3.61. The van der Waals surface area contributed by atoms with Gasteiger partial charge in [-0.1, -0.05) is 24.3 Å². The van der Waals surface area contributed by atoms with E-state index < -0.39 is 0 Å². The van der Waals surface area contributed by atoms with Gasteiger partial charge in [-0.25, -0.2) is 14.0 Å². The number of fused-ring (bicyclic) bond motifs is 1. The van der Waals surface area contributed by atoms with Crippen LogP contribution in [0.2, 0.25) is 0 Å². The van der Waals surface area contributed by atoms with Crippen LogP contribution in [0.5, 0.6) is 0 Å². The molecular formula is C26H27N5O2. The zero-order valence-corrected chi connectivity index (χ0v) is 18.9. The predicted octanol–water partition coefficient (Wildman–Crippen LogP) is 3.46. The van der Waals surface area contributed by atoms with Crippen molar-refractivity contribution >= 4 is 16.8 Å². The van der Waals surface area contributed by atoms with Crippen LogP contribution in [0.1, 0.15) is 31.0 Å². The van der Waals surface area contributed by atoms with Crippen LogP contribution in [0.25, 0.3) is 27.7 Å².